The topological polar surface area (TPSA) is 55.1 Å². The lowest BCUT2D eigenvalue weighted by Gasteiger charge is -2.18. The van der Waals surface area contributed by atoms with Gasteiger partial charge in [0.25, 0.3) is 0 Å². The molecule has 0 saturated heterocycles. The van der Waals surface area contributed by atoms with Gasteiger partial charge in [-0.25, -0.2) is 4.98 Å². The van der Waals surface area contributed by atoms with E-state index in [0.717, 1.165) is 12.8 Å². The van der Waals surface area contributed by atoms with Crippen molar-refractivity contribution in [3.05, 3.63) is 18.7 Å². The van der Waals surface area contributed by atoms with Crippen LogP contribution in [0.15, 0.2) is 18.7 Å². The van der Waals surface area contributed by atoms with E-state index in [-0.39, 0.29) is 0 Å². The van der Waals surface area contributed by atoms with Crippen molar-refractivity contribution in [2.24, 2.45) is 0 Å². The van der Waals surface area contributed by atoms with Crippen LogP contribution in [0.4, 0.5) is 0 Å². The molecule has 0 aliphatic carbocycles. The Hall–Kier alpha value is -1.32. The molecule has 1 rings (SSSR count). The normalized spacial score (nSPS) is 12.4. The van der Waals surface area contributed by atoms with Gasteiger partial charge in [0.1, 0.15) is 0 Å². The number of aliphatic carboxylic acids is 1. The molecule has 1 N–H and O–H groups in total. The zero-order valence-electron chi connectivity index (χ0n) is 16.2. The number of carbonyl (C=O) groups is 1. The van der Waals surface area contributed by atoms with Gasteiger partial charge in [0.15, 0.2) is 0 Å². The summed E-state index contributed by atoms with van der Waals surface area (Å²) in [6, 6.07) is 0.628. The second-order valence-corrected chi connectivity index (χ2v) is 7.27. The second-order valence-electron chi connectivity index (χ2n) is 7.27. The van der Waals surface area contributed by atoms with Crippen molar-refractivity contribution in [1.82, 2.24) is 9.55 Å². The number of aromatic nitrogens is 2. The smallest absolute Gasteiger partial charge is 0.303 e. The molecule has 0 fully saturated rings. The number of imidazole rings is 1. The van der Waals surface area contributed by atoms with Crippen molar-refractivity contribution in [2.75, 3.05) is 0 Å². The van der Waals surface area contributed by atoms with Crippen LogP contribution in [0.2, 0.25) is 0 Å². The highest BCUT2D eigenvalue weighted by Gasteiger charge is 2.09. The van der Waals surface area contributed by atoms with Gasteiger partial charge in [-0.1, -0.05) is 77.6 Å². The molecule has 1 atom stereocenters. The molecule has 1 heterocycles. The van der Waals surface area contributed by atoms with Crippen molar-refractivity contribution in [2.45, 2.75) is 109 Å². The zero-order valence-corrected chi connectivity index (χ0v) is 16.2. The molecule has 0 bridgehead atoms. The van der Waals surface area contributed by atoms with E-state index in [1.807, 2.05) is 12.5 Å². The number of carboxylic acid groups (broad SMARTS) is 1. The second kappa shape index (κ2) is 15.0. The van der Waals surface area contributed by atoms with Crippen molar-refractivity contribution in [3.8, 4) is 0 Å². The van der Waals surface area contributed by atoms with Crippen LogP contribution < -0.4 is 0 Å². The first-order chi connectivity index (χ1) is 12.2. The van der Waals surface area contributed by atoms with E-state index in [1.54, 1.807) is 0 Å². The molecule has 4 nitrogen and oxygen atoms in total. The molecule has 0 aromatic carbocycles. The minimum Gasteiger partial charge on any atom is -0.481 e. The van der Waals surface area contributed by atoms with Gasteiger partial charge in [-0.2, -0.15) is 0 Å². The fourth-order valence-electron chi connectivity index (χ4n) is 3.45. The summed E-state index contributed by atoms with van der Waals surface area (Å²) in [6.45, 7) is 2.26. The van der Waals surface area contributed by atoms with E-state index in [1.165, 1.54) is 77.0 Å². The van der Waals surface area contributed by atoms with Crippen LogP contribution in [-0.4, -0.2) is 20.6 Å². The lowest BCUT2D eigenvalue weighted by atomic mass is 10.0. The number of carboxylic acids is 1. The van der Waals surface area contributed by atoms with Crippen LogP contribution in [-0.2, 0) is 4.79 Å². The van der Waals surface area contributed by atoms with Crippen molar-refractivity contribution in [1.29, 1.82) is 0 Å². The third-order valence-corrected chi connectivity index (χ3v) is 5.02. The summed E-state index contributed by atoms with van der Waals surface area (Å²) in [5.74, 6) is -0.663. The molecule has 0 aliphatic heterocycles. The van der Waals surface area contributed by atoms with E-state index in [0.29, 0.717) is 12.5 Å². The van der Waals surface area contributed by atoms with E-state index in [9.17, 15) is 4.79 Å². The summed E-state index contributed by atoms with van der Waals surface area (Å²) < 4.78 is 2.30. The summed E-state index contributed by atoms with van der Waals surface area (Å²) >= 11 is 0. The van der Waals surface area contributed by atoms with E-state index >= 15 is 0 Å². The first kappa shape index (κ1) is 21.7. The molecule has 0 radical (unpaired) electrons. The number of nitrogens with zero attached hydrogens (tertiary/aromatic N) is 2. The van der Waals surface area contributed by atoms with Gasteiger partial charge in [-0.05, 0) is 19.3 Å². The maximum atomic E-state index is 10.4. The maximum absolute atomic E-state index is 10.4. The van der Waals surface area contributed by atoms with Gasteiger partial charge in [0.05, 0.1) is 6.33 Å². The number of hydrogen-bond donors (Lipinski definition) is 1. The first-order valence-electron chi connectivity index (χ1n) is 10.4. The molecule has 4 heteroatoms. The minimum absolute atomic E-state index is 0.330. The average molecular weight is 351 g/mol. The van der Waals surface area contributed by atoms with Gasteiger partial charge in [-0.3, -0.25) is 4.79 Å². The van der Waals surface area contributed by atoms with Crippen LogP contribution in [0.25, 0.3) is 0 Å². The highest BCUT2D eigenvalue weighted by atomic mass is 16.4. The Morgan fingerprint density at radius 2 is 1.48 bits per heavy atom. The molecule has 144 valence electrons. The summed E-state index contributed by atoms with van der Waals surface area (Å²) in [5, 5.41) is 8.59. The Bertz CT molecular complexity index is 418. The zero-order chi connectivity index (χ0) is 18.2. The molecule has 1 unspecified atom stereocenters. The van der Waals surface area contributed by atoms with Crippen molar-refractivity contribution < 1.29 is 9.90 Å². The summed E-state index contributed by atoms with van der Waals surface area (Å²) in [6.07, 6.45) is 23.7. The monoisotopic (exact) mass is 350 g/mol. The van der Waals surface area contributed by atoms with Crippen LogP contribution in [0.1, 0.15) is 109 Å². The summed E-state index contributed by atoms with van der Waals surface area (Å²) in [5.41, 5.74) is 0. The van der Waals surface area contributed by atoms with Crippen LogP contribution in [0.3, 0.4) is 0 Å². The van der Waals surface area contributed by atoms with Crippen LogP contribution in [0.5, 0.6) is 0 Å². The Morgan fingerprint density at radius 1 is 0.920 bits per heavy atom. The third kappa shape index (κ3) is 11.8. The van der Waals surface area contributed by atoms with Gasteiger partial charge < -0.3 is 9.67 Å². The molecular formula is C21H38N2O2. The SMILES string of the molecule is CCCCCC(CCCCCCCCCCCC(=O)O)n1ccnc1. The van der Waals surface area contributed by atoms with E-state index in [4.69, 9.17) is 5.11 Å². The summed E-state index contributed by atoms with van der Waals surface area (Å²) in [4.78, 5) is 14.6. The lowest BCUT2D eigenvalue weighted by molar-refractivity contribution is -0.137. The predicted molar refractivity (Wildman–Crippen MR) is 104 cm³/mol. The highest BCUT2D eigenvalue weighted by molar-refractivity contribution is 5.66. The Labute approximate surface area is 154 Å². The average Bonchev–Trinajstić information content (AvgIpc) is 3.12. The van der Waals surface area contributed by atoms with Crippen LogP contribution >= 0.6 is 0 Å². The van der Waals surface area contributed by atoms with Gasteiger partial charge in [0.2, 0.25) is 0 Å². The van der Waals surface area contributed by atoms with E-state index in [2.05, 4.69) is 22.7 Å². The molecular weight excluding hydrogens is 312 g/mol. The number of hydrogen-bond acceptors (Lipinski definition) is 2. The molecule has 0 saturated carbocycles. The predicted octanol–water partition coefficient (Wildman–Crippen LogP) is 6.38. The largest absolute Gasteiger partial charge is 0.481 e. The Balaban J connectivity index is 1.99. The summed E-state index contributed by atoms with van der Waals surface area (Å²) in [7, 11) is 0. The minimum atomic E-state index is -0.663. The van der Waals surface area contributed by atoms with Crippen molar-refractivity contribution >= 4 is 5.97 Å². The molecule has 1 aromatic heterocycles. The van der Waals surface area contributed by atoms with Crippen LogP contribution in [0, 0.1) is 0 Å². The standard InChI is InChI=1S/C21H38N2O2/c1-2-3-11-14-20(23-18-17-22-19-23)15-12-9-7-5-4-6-8-10-13-16-21(24)25/h17-20H,2-16H2,1H3,(H,24,25). The highest BCUT2D eigenvalue weighted by Crippen LogP contribution is 2.23. The van der Waals surface area contributed by atoms with Crippen molar-refractivity contribution in [3.63, 3.8) is 0 Å². The van der Waals surface area contributed by atoms with E-state index < -0.39 is 5.97 Å². The van der Waals surface area contributed by atoms with Gasteiger partial charge in [0, 0.05) is 24.9 Å². The fourth-order valence-corrected chi connectivity index (χ4v) is 3.45. The number of unbranched alkanes of at least 4 members (excludes halogenated alkanes) is 10. The molecule has 0 amide bonds. The molecule has 25 heavy (non-hydrogen) atoms. The molecule has 1 aromatic rings. The quantitative estimate of drug-likeness (QED) is 0.332. The first-order valence-corrected chi connectivity index (χ1v) is 10.4. The van der Waals surface area contributed by atoms with Gasteiger partial charge in [-0.15, -0.1) is 0 Å². The Kier molecular flexibility index (Phi) is 13.0. The molecule has 0 spiro atoms. The lowest BCUT2D eigenvalue weighted by Crippen LogP contribution is -2.07. The Morgan fingerprint density at radius 3 is 2.00 bits per heavy atom. The fraction of sp³-hybridized carbons (Fsp3) is 0.810. The molecule has 0 aliphatic rings. The third-order valence-electron chi connectivity index (χ3n) is 5.02. The number of rotatable bonds is 17. The van der Waals surface area contributed by atoms with Gasteiger partial charge >= 0.3 is 5.97 Å². The maximum Gasteiger partial charge on any atom is 0.303 e.